The van der Waals surface area contributed by atoms with E-state index in [1.165, 1.54) is 4.90 Å². The number of benzene rings is 1. The molecule has 2 amide bonds. The maximum atomic E-state index is 13.6. The number of imide groups is 1. The van der Waals surface area contributed by atoms with Gasteiger partial charge in [-0.3, -0.25) is 19.4 Å². The van der Waals surface area contributed by atoms with E-state index in [2.05, 4.69) is 4.90 Å². The van der Waals surface area contributed by atoms with Gasteiger partial charge in [0.1, 0.15) is 5.70 Å². The van der Waals surface area contributed by atoms with Crippen molar-refractivity contribution >= 4 is 17.4 Å². The second-order valence-electron chi connectivity index (χ2n) is 8.23. The summed E-state index contributed by atoms with van der Waals surface area (Å²) < 4.78 is 16.0. The van der Waals surface area contributed by atoms with Crippen molar-refractivity contribution in [1.82, 2.24) is 14.7 Å². The third kappa shape index (κ3) is 5.56. The van der Waals surface area contributed by atoms with E-state index in [-0.39, 0.29) is 11.8 Å². The van der Waals surface area contributed by atoms with Crippen molar-refractivity contribution in [3.8, 4) is 0 Å². The van der Waals surface area contributed by atoms with E-state index in [4.69, 9.17) is 14.2 Å². The highest BCUT2D eigenvalue weighted by molar-refractivity contribution is 6.35. The minimum atomic E-state index is -0.245. The van der Waals surface area contributed by atoms with Crippen LogP contribution < -0.4 is 0 Å². The van der Waals surface area contributed by atoms with Crippen LogP contribution in [0.1, 0.15) is 16.7 Å². The third-order valence-electron chi connectivity index (χ3n) is 5.99. The molecule has 8 heteroatoms. The molecule has 3 rings (SSSR count). The molecule has 0 unspecified atom stereocenters. The van der Waals surface area contributed by atoms with Crippen LogP contribution in [0.3, 0.4) is 0 Å². The molecule has 1 aromatic carbocycles. The van der Waals surface area contributed by atoms with Gasteiger partial charge in [0.25, 0.3) is 11.8 Å². The number of amides is 2. The molecule has 1 saturated heterocycles. The second-order valence-corrected chi connectivity index (χ2v) is 8.23. The molecule has 2 heterocycles. The Balaban J connectivity index is 1.95. The monoisotopic (exact) mass is 445 g/mol. The number of rotatable bonds is 11. The first-order valence-electron chi connectivity index (χ1n) is 11.2. The van der Waals surface area contributed by atoms with Gasteiger partial charge in [-0.15, -0.1) is 0 Å². The number of hydrogen-bond donors (Lipinski definition) is 0. The van der Waals surface area contributed by atoms with Gasteiger partial charge in [-0.2, -0.15) is 0 Å². The predicted molar refractivity (Wildman–Crippen MR) is 122 cm³/mol. The van der Waals surface area contributed by atoms with Gasteiger partial charge in [0.15, 0.2) is 0 Å². The SMILES string of the molecule is COCCN(CCOC)C1=C(c2ccc(C)cc2C)C(=O)N(CCN2CCOCC2)C1=O. The zero-order valence-electron chi connectivity index (χ0n) is 19.7. The van der Waals surface area contributed by atoms with Crippen molar-refractivity contribution in [1.29, 1.82) is 0 Å². The summed E-state index contributed by atoms with van der Waals surface area (Å²) in [5, 5.41) is 0. The maximum absolute atomic E-state index is 13.6. The van der Waals surface area contributed by atoms with Gasteiger partial charge in [-0.05, 0) is 25.0 Å². The average Bonchev–Trinajstić information content (AvgIpc) is 3.03. The van der Waals surface area contributed by atoms with Gasteiger partial charge in [-0.1, -0.05) is 23.8 Å². The summed E-state index contributed by atoms with van der Waals surface area (Å²) in [6.07, 6.45) is 0. The van der Waals surface area contributed by atoms with E-state index in [0.29, 0.717) is 63.9 Å². The van der Waals surface area contributed by atoms with Gasteiger partial charge in [0.2, 0.25) is 0 Å². The normalized spacial score (nSPS) is 17.6. The number of carbonyl (C=O) groups is 2. The van der Waals surface area contributed by atoms with Crippen molar-refractivity contribution in [3.05, 3.63) is 40.6 Å². The summed E-state index contributed by atoms with van der Waals surface area (Å²) >= 11 is 0. The molecule has 0 radical (unpaired) electrons. The van der Waals surface area contributed by atoms with Crippen LogP contribution in [0.15, 0.2) is 23.9 Å². The van der Waals surface area contributed by atoms with E-state index in [0.717, 1.165) is 29.8 Å². The summed E-state index contributed by atoms with van der Waals surface area (Å²) in [6.45, 7) is 9.89. The van der Waals surface area contributed by atoms with E-state index in [9.17, 15) is 9.59 Å². The fourth-order valence-corrected chi connectivity index (χ4v) is 4.20. The van der Waals surface area contributed by atoms with Gasteiger partial charge < -0.3 is 19.1 Å². The predicted octanol–water partition coefficient (Wildman–Crippen LogP) is 1.31. The highest BCUT2D eigenvalue weighted by atomic mass is 16.5. The van der Waals surface area contributed by atoms with E-state index < -0.39 is 0 Å². The number of morpholine rings is 1. The molecule has 2 aliphatic heterocycles. The molecule has 0 saturated carbocycles. The smallest absolute Gasteiger partial charge is 0.277 e. The van der Waals surface area contributed by atoms with Gasteiger partial charge in [0, 0.05) is 53.5 Å². The lowest BCUT2D eigenvalue weighted by atomic mass is 9.97. The van der Waals surface area contributed by atoms with Gasteiger partial charge in [-0.25, -0.2) is 0 Å². The first-order chi connectivity index (χ1) is 15.5. The Bertz CT molecular complexity index is 840. The fraction of sp³-hybridized carbons (Fsp3) is 0.583. The van der Waals surface area contributed by atoms with Crippen LogP contribution in [0.4, 0.5) is 0 Å². The lowest BCUT2D eigenvalue weighted by Crippen LogP contribution is -2.44. The van der Waals surface area contributed by atoms with Gasteiger partial charge in [0.05, 0.1) is 32.0 Å². The topological polar surface area (TPSA) is 71.6 Å². The van der Waals surface area contributed by atoms with Crippen LogP contribution in [0, 0.1) is 13.8 Å². The third-order valence-corrected chi connectivity index (χ3v) is 5.99. The minimum Gasteiger partial charge on any atom is -0.383 e. The number of hydrogen-bond acceptors (Lipinski definition) is 7. The largest absolute Gasteiger partial charge is 0.383 e. The van der Waals surface area contributed by atoms with E-state index >= 15 is 0 Å². The number of aryl methyl sites for hydroxylation is 2. The molecule has 0 N–H and O–H groups in total. The number of nitrogens with zero attached hydrogens (tertiary/aromatic N) is 3. The molecule has 0 bridgehead atoms. The highest BCUT2D eigenvalue weighted by Crippen LogP contribution is 2.33. The first-order valence-corrected chi connectivity index (χ1v) is 11.2. The molecule has 1 aromatic rings. The van der Waals surface area contributed by atoms with Gasteiger partial charge >= 0.3 is 0 Å². The molecule has 8 nitrogen and oxygen atoms in total. The number of carbonyl (C=O) groups excluding carboxylic acids is 2. The Labute approximate surface area is 190 Å². The molecule has 0 atom stereocenters. The molecule has 32 heavy (non-hydrogen) atoms. The molecule has 176 valence electrons. The zero-order chi connectivity index (χ0) is 23.1. The minimum absolute atomic E-state index is 0.231. The van der Waals surface area contributed by atoms with Crippen LogP contribution in [-0.2, 0) is 23.8 Å². The Hall–Kier alpha value is -2.26. The summed E-state index contributed by atoms with van der Waals surface area (Å²) in [4.78, 5) is 32.8. The second kappa shape index (κ2) is 11.6. The molecular weight excluding hydrogens is 410 g/mol. The maximum Gasteiger partial charge on any atom is 0.277 e. The van der Waals surface area contributed by atoms with E-state index in [1.54, 1.807) is 14.2 Å². The molecule has 0 aromatic heterocycles. The summed E-state index contributed by atoms with van der Waals surface area (Å²) in [7, 11) is 3.26. The van der Waals surface area contributed by atoms with Crippen LogP contribution >= 0.6 is 0 Å². The van der Waals surface area contributed by atoms with Crippen molar-refractivity contribution < 1.29 is 23.8 Å². The summed E-state index contributed by atoms with van der Waals surface area (Å²) in [5.74, 6) is -0.476. The molecule has 0 aliphatic carbocycles. The quantitative estimate of drug-likeness (QED) is 0.476. The fourth-order valence-electron chi connectivity index (χ4n) is 4.20. The van der Waals surface area contributed by atoms with Crippen molar-refractivity contribution in [2.24, 2.45) is 0 Å². The summed E-state index contributed by atoms with van der Waals surface area (Å²) in [6, 6.07) is 5.97. The Morgan fingerprint density at radius 1 is 0.969 bits per heavy atom. The molecule has 1 fully saturated rings. The molecule has 0 spiro atoms. The van der Waals surface area contributed by atoms with E-state index in [1.807, 2.05) is 36.9 Å². The number of ether oxygens (including phenoxy) is 3. The lowest BCUT2D eigenvalue weighted by molar-refractivity contribution is -0.138. The molecular formula is C24H35N3O5. The number of methoxy groups -OCH3 is 2. The standard InChI is InChI=1S/C24H35N3O5/c1-18-5-6-20(19(2)17-18)21-22(26(11-13-30-3)12-14-31-4)24(29)27(23(21)28)8-7-25-9-15-32-16-10-25/h5-6,17H,7-16H2,1-4H3. The highest BCUT2D eigenvalue weighted by Gasteiger charge is 2.41. The van der Waals surface area contributed by atoms with Crippen molar-refractivity contribution in [3.63, 3.8) is 0 Å². The Morgan fingerprint density at radius 2 is 1.62 bits per heavy atom. The Kier molecular flexibility index (Phi) is 8.81. The average molecular weight is 446 g/mol. The zero-order valence-corrected chi connectivity index (χ0v) is 19.7. The van der Waals surface area contributed by atoms with Crippen LogP contribution in [-0.4, -0.2) is 106 Å². The molecule has 2 aliphatic rings. The lowest BCUT2D eigenvalue weighted by Gasteiger charge is -2.28. The summed E-state index contributed by atoms with van der Waals surface area (Å²) in [5.41, 5.74) is 3.81. The van der Waals surface area contributed by atoms with Crippen LogP contribution in [0.2, 0.25) is 0 Å². The van der Waals surface area contributed by atoms with Crippen LogP contribution in [0.5, 0.6) is 0 Å². The van der Waals surface area contributed by atoms with Crippen LogP contribution in [0.25, 0.3) is 5.57 Å². The first kappa shape index (κ1) is 24.4. The van der Waals surface area contributed by atoms with Crippen molar-refractivity contribution in [2.75, 3.05) is 79.9 Å². The Morgan fingerprint density at radius 3 is 2.22 bits per heavy atom. The van der Waals surface area contributed by atoms with Crippen molar-refractivity contribution in [2.45, 2.75) is 13.8 Å².